The molecular formula is C17H19BrN2O4S2. The number of aromatic nitrogens is 1. The molecule has 0 spiro atoms. The number of ether oxygens (including phenoxy) is 2. The van der Waals surface area contributed by atoms with Crippen molar-refractivity contribution >= 4 is 37.7 Å². The van der Waals surface area contributed by atoms with Crippen molar-refractivity contribution in [1.29, 1.82) is 0 Å². The number of benzene rings is 1. The Labute approximate surface area is 166 Å². The molecule has 1 aliphatic rings. The lowest BCUT2D eigenvalue weighted by molar-refractivity contribution is 0.0730. The third kappa shape index (κ3) is 5.20. The average Bonchev–Trinajstić information content (AvgIpc) is 2.66. The van der Waals surface area contributed by atoms with E-state index in [1.165, 1.54) is 22.3 Å². The summed E-state index contributed by atoms with van der Waals surface area (Å²) in [6.07, 6.45) is 1.42. The van der Waals surface area contributed by atoms with Gasteiger partial charge in [0, 0.05) is 29.5 Å². The van der Waals surface area contributed by atoms with Crippen molar-refractivity contribution in [1.82, 2.24) is 9.29 Å². The summed E-state index contributed by atoms with van der Waals surface area (Å²) in [6.45, 7) is 2.16. The van der Waals surface area contributed by atoms with Crippen LogP contribution in [0.25, 0.3) is 0 Å². The highest BCUT2D eigenvalue weighted by Crippen LogP contribution is 2.21. The van der Waals surface area contributed by atoms with Crippen LogP contribution >= 0.6 is 27.7 Å². The maximum absolute atomic E-state index is 12.5. The van der Waals surface area contributed by atoms with E-state index in [0.29, 0.717) is 32.9 Å². The third-order valence-corrected chi connectivity index (χ3v) is 7.00. The molecule has 1 aromatic heterocycles. The standard InChI is InChI=1S/C17H19BrN2O4S2/c18-14-2-1-3-15(12-14)24-10-11-25-17-5-4-16(13-19-17)26(21,22)20-6-8-23-9-7-20/h1-5,12-13H,6-11H2. The molecule has 0 saturated carbocycles. The average molecular weight is 459 g/mol. The summed E-state index contributed by atoms with van der Waals surface area (Å²) in [4.78, 5) is 4.48. The highest BCUT2D eigenvalue weighted by molar-refractivity contribution is 9.10. The number of morpholine rings is 1. The van der Waals surface area contributed by atoms with E-state index in [1.54, 1.807) is 12.1 Å². The van der Waals surface area contributed by atoms with Crippen molar-refractivity contribution in [3.05, 3.63) is 47.1 Å². The van der Waals surface area contributed by atoms with E-state index in [0.717, 1.165) is 21.0 Å². The Hall–Kier alpha value is -1.13. The van der Waals surface area contributed by atoms with Crippen molar-refractivity contribution in [2.45, 2.75) is 9.92 Å². The molecule has 9 heteroatoms. The Morgan fingerprint density at radius 1 is 1.23 bits per heavy atom. The molecule has 140 valence electrons. The normalized spacial score (nSPS) is 15.7. The number of hydrogen-bond donors (Lipinski definition) is 0. The van der Waals surface area contributed by atoms with Gasteiger partial charge in [-0.1, -0.05) is 22.0 Å². The first-order valence-corrected chi connectivity index (χ1v) is 11.3. The summed E-state index contributed by atoms with van der Waals surface area (Å²) in [5.74, 6) is 1.52. The Morgan fingerprint density at radius 3 is 2.73 bits per heavy atom. The molecule has 6 nitrogen and oxygen atoms in total. The molecule has 0 unspecified atom stereocenters. The monoisotopic (exact) mass is 458 g/mol. The topological polar surface area (TPSA) is 68.7 Å². The fourth-order valence-electron chi connectivity index (χ4n) is 2.40. The fourth-order valence-corrected chi connectivity index (χ4v) is 4.80. The lowest BCUT2D eigenvalue weighted by Gasteiger charge is -2.25. The van der Waals surface area contributed by atoms with E-state index in [1.807, 2.05) is 24.3 Å². The fraction of sp³-hybridized carbons (Fsp3) is 0.353. The minimum Gasteiger partial charge on any atom is -0.493 e. The van der Waals surface area contributed by atoms with E-state index in [4.69, 9.17) is 9.47 Å². The second kappa shape index (κ2) is 9.18. The Bertz CT molecular complexity index is 825. The number of hydrogen-bond acceptors (Lipinski definition) is 6. The molecular weight excluding hydrogens is 440 g/mol. The second-order valence-electron chi connectivity index (χ2n) is 5.50. The Balaban J connectivity index is 1.51. The summed E-state index contributed by atoms with van der Waals surface area (Å²) >= 11 is 4.93. The van der Waals surface area contributed by atoms with Gasteiger partial charge in [-0.25, -0.2) is 13.4 Å². The molecule has 0 amide bonds. The summed E-state index contributed by atoms with van der Waals surface area (Å²) in [5, 5.41) is 0.767. The molecule has 0 N–H and O–H groups in total. The van der Waals surface area contributed by atoms with E-state index in [9.17, 15) is 8.42 Å². The van der Waals surface area contributed by atoms with E-state index < -0.39 is 10.0 Å². The molecule has 0 radical (unpaired) electrons. The highest BCUT2D eigenvalue weighted by Gasteiger charge is 2.26. The lowest BCUT2D eigenvalue weighted by Crippen LogP contribution is -2.40. The largest absolute Gasteiger partial charge is 0.493 e. The molecule has 1 aliphatic heterocycles. The summed E-state index contributed by atoms with van der Waals surface area (Å²) < 4.78 is 38.4. The Kier molecular flexibility index (Phi) is 6.93. The predicted molar refractivity (Wildman–Crippen MR) is 104 cm³/mol. The predicted octanol–water partition coefficient (Wildman–Crippen LogP) is 3.04. The van der Waals surface area contributed by atoms with Crippen LogP contribution in [0.5, 0.6) is 5.75 Å². The van der Waals surface area contributed by atoms with Crippen molar-refractivity contribution < 1.29 is 17.9 Å². The van der Waals surface area contributed by atoms with Gasteiger partial charge < -0.3 is 9.47 Å². The van der Waals surface area contributed by atoms with Gasteiger partial charge in [-0.15, -0.1) is 11.8 Å². The van der Waals surface area contributed by atoms with Gasteiger partial charge in [-0.05, 0) is 30.3 Å². The van der Waals surface area contributed by atoms with Crippen molar-refractivity contribution in [2.75, 3.05) is 38.7 Å². The van der Waals surface area contributed by atoms with E-state index in [-0.39, 0.29) is 4.90 Å². The summed E-state index contributed by atoms with van der Waals surface area (Å²) in [6, 6.07) is 11.0. The first-order chi connectivity index (χ1) is 12.6. The number of pyridine rings is 1. The van der Waals surface area contributed by atoms with Gasteiger partial charge in [-0.2, -0.15) is 4.31 Å². The van der Waals surface area contributed by atoms with Crippen LogP contribution in [0.4, 0.5) is 0 Å². The molecule has 1 aromatic carbocycles. The van der Waals surface area contributed by atoms with Crippen molar-refractivity contribution in [3.63, 3.8) is 0 Å². The van der Waals surface area contributed by atoms with Gasteiger partial charge in [0.05, 0.1) is 24.8 Å². The second-order valence-corrected chi connectivity index (χ2v) is 9.47. The van der Waals surface area contributed by atoms with Crippen LogP contribution < -0.4 is 4.74 Å². The zero-order valence-electron chi connectivity index (χ0n) is 14.0. The minimum absolute atomic E-state index is 0.217. The SMILES string of the molecule is O=S(=O)(c1ccc(SCCOc2cccc(Br)c2)nc1)N1CCOCC1. The van der Waals surface area contributed by atoms with E-state index >= 15 is 0 Å². The van der Waals surface area contributed by atoms with Crippen LogP contribution in [-0.4, -0.2) is 56.4 Å². The lowest BCUT2D eigenvalue weighted by atomic mass is 10.3. The van der Waals surface area contributed by atoms with Gasteiger partial charge in [-0.3, -0.25) is 0 Å². The van der Waals surface area contributed by atoms with Gasteiger partial charge >= 0.3 is 0 Å². The third-order valence-electron chi connectivity index (χ3n) is 3.72. The maximum Gasteiger partial charge on any atom is 0.244 e. The van der Waals surface area contributed by atoms with Crippen LogP contribution in [0.3, 0.4) is 0 Å². The molecule has 26 heavy (non-hydrogen) atoms. The number of rotatable bonds is 7. The van der Waals surface area contributed by atoms with Gasteiger partial charge in [0.2, 0.25) is 10.0 Å². The van der Waals surface area contributed by atoms with Gasteiger partial charge in [0.25, 0.3) is 0 Å². The highest BCUT2D eigenvalue weighted by atomic mass is 79.9. The molecule has 1 fully saturated rings. The Morgan fingerprint density at radius 2 is 2.04 bits per heavy atom. The van der Waals surface area contributed by atoms with Gasteiger partial charge in [0.15, 0.2) is 0 Å². The quantitative estimate of drug-likeness (QED) is 0.469. The zero-order chi connectivity index (χ0) is 18.4. The molecule has 1 saturated heterocycles. The zero-order valence-corrected chi connectivity index (χ0v) is 17.2. The van der Waals surface area contributed by atoms with Crippen LogP contribution in [0.1, 0.15) is 0 Å². The molecule has 0 aliphatic carbocycles. The molecule has 2 aromatic rings. The summed E-state index contributed by atoms with van der Waals surface area (Å²) in [5.41, 5.74) is 0. The van der Waals surface area contributed by atoms with Crippen LogP contribution in [-0.2, 0) is 14.8 Å². The van der Waals surface area contributed by atoms with Crippen molar-refractivity contribution in [2.24, 2.45) is 0 Å². The van der Waals surface area contributed by atoms with Crippen LogP contribution in [0.2, 0.25) is 0 Å². The number of thioether (sulfide) groups is 1. The van der Waals surface area contributed by atoms with Gasteiger partial charge in [0.1, 0.15) is 10.6 Å². The van der Waals surface area contributed by atoms with Crippen LogP contribution in [0.15, 0.2) is 57.0 Å². The van der Waals surface area contributed by atoms with Crippen LogP contribution in [0, 0.1) is 0 Å². The maximum atomic E-state index is 12.5. The first kappa shape index (κ1) is 19.6. The number of nitrogens with zero attached hydrogens (tertiary/aromatic N) is 2. The summed E-state index contributed by atoms with van der Waals surface area (Å²) in [7, 11) is -3.49. The molecule has 0 bridgehead atoms. The molecule has 2 heterocycles. The molecule has 0 atom stereocenters. The number of sulfonamides is 1. The van der Waals surface area contributed by atoms with Crippen molar-refractivity contribution in [3.8, 4) is 5.75 Å². The first-order valence-electron chi connectivity index (χ1n) is 8.11. The number of halogens is 1. The minimum atomic E-state index is -3.49. The van der Waals surface area contributed by atoms with E-state index in [2.05, 4.69) is 20.9 Å². The molecule has 3 rings (SSSR count). The smallest absolute Gasteiger partial charge is 0.244 e.